The molecule has 0 aliphatic carbocycles. The fraction of sp³-hybridized carbons (Fsp3) is 0.500. The minimum Gasteiger partial charge on any atom is -0.309 e. The first-order valence-corrected chi connectivity index (χ1v) is 6.94. The Labute approximate surface area is 111 Å². The Kier molecular flexibility index (Phi) is 4.97. The highest BCUT2D eigenvalue weighted by atomic mass is 15.2. The molecule has 2 nitrogen and oxygen atoms in total. The maximum Gasteiger partial charge on any atom is 0.0208 e. The summed E-state index contributed by atoms with van der Waals surface area (Å²) in [6, 6.07) is 10.9. The van der Waals surface area contributed by atoms with E-state index in [9.17, 15) is 0 Å². The third-order valence-corrected chi connectivity index (χ3v) is 3.58. The zero-order valence-corrected chi connectivity index (χ0v) is 11.4. The van der Waals surface area contributed by atoms with Crippen LogP contribution in [0.1, 0.15) is 25.3 Å². The second-order valence-electron chi connectivity index (χ2n) is 5.26. The molecule has 2 heteroatoms. The van der Waals surface area contributed by atoms with Crippen molar-refractivity contribution in [1.82, 2.24) is 10.2 Å². The number of benzene rings is 1. The number of hydrogen-bond donors (Lipinski definition) is 1. The first-order valence-electron chi connectivity index (χ1n) is 6.94. The molecule has 1 aliphatic rings. The maximum absolute atomic E-state index is 4.15. The predicted molar refractivity (Wildman–Crippen MR) is 78.6 cm³/mol. The molecule has 1 heterocycles. The van der Waals surface area contributed by atoms with Crippen molar-refractivity contribution in [2.75, 3.05) is 26.2 Å². The zero-order valence-electron chi connectivity index (χ0n) is 11.4. The number of hydrogen-bond acceptors (Lipinski definition) is 2. The highest BCUT2D eigenvalue weighted by Crippen LogP contribution is 2.11. The molecule has 98 valence electrons. The molecule has 1 atom stereocenters. The lowest BCUT2D eigenvalue weighted by Crippen LogP contribution is -2.38. The normalized spacial score (nSPS) is 17.8. The molecule has 0 amide bonds. The third-order valence-electron chi connectivity index (χ3n) is 3.58. The van der Waals surface area contributed by atoms with Gasteiger partial charge in [0.1, 0.15) is 0 Å². The number of rotatable bonds is 6. The molecule has 1 unspecified atom stereocenters. The van der Waals surface area contributed by atoms with Crippen LogP contribution in [-0.4, -0.2) is 37.1 Å². The first kappa shape index (κ1) is 13.3. The van der Waals surface area contributed by atoms with E-state index in [1.54, 1.807) is 0 Å². The smallest absolute Gasteiger partial charge is 0.0208 e. The largest absolute Gasteiger partial charge is 0.309 e. The highest BCUT2D eigenvalue weighted by molar-refractivity contribution is 5.64. The molecule has 2 rings (SSSR count). The molecular formula is C16H24N2. The van der Waals surface area contributed by atoms with Gasteiger partial charge in [-0.1, -0.05) is 36.9 Å². The molecule has 0 radical (unpaired) electrons. The third kappa shape index (κ3) is 3.97. The van der Waals surface area contributed by atoms with Crippen molar-refractivity contribution >= 4 is 5.57 Å². The molecule has 1 aliphatic heterocycles. The van der Waals surface area contributed by atoms with Crippen molar-refractivity contribution in [3.8, 4) is 0 Å². The van der Waals surface area contributed by atoms with Gasteiger partial charge in [0.25, 0.3) is 0 Å². The first-order chi connectivity index (χ1) is 8.75. The maximum atomic E-state index is 4.15. The minimum absolute atomic E-state index is 0.531. The van der Waals surface area contributed by atoms with Gasteiger partial charge in [-0.2, -0.15) is 0 Å². The molecular weight excluding hydrogens is 220 g/mol. The van der Waals surface area contributed by atoms with E-state index in [2.05, 4.69) is 48.0 Å². The molecule has 1 N–H and O–H groups in total. The van der Waals surface area contributed by atoms with Gasteiger partial charge in [0.15, 0.2) is 0 Å². The Morgan fingerprint density at radius 1 is 1.28 bits per heavy atom. The van der Waals surface area contributed by atoms with Crippen LogP contribution < -0.4 is 5.32 Å². The monoisotopic (exact) mass is 244 g/mol. The van der Waals surface area contributed by atoms with Crippen LogP contribution in [0.4, 0.5) is 0 Å². The lowest BCUT2D eigenvalue weighted by Gasteiger charge is -2.21. The summed E-state index contributed by atoms with van der Waals surface area (Å²) in [5.74, 6) is 0. The van der Waals surface area contributed by atoms with E-state index in [0.29, 0.717) is 6.04 Å². The van der Waals surface area contributed by atoms with Crippen molar-refractivity contribution in [2.24, 2.45) is 0 Å². The standard InChI is InChI=1S/C16H24N2/c1-14(16-8-4-3-5-9-16)12-17-15(2)13-18-10-6-7-11-18/h3-5,8-9,15,17H,1,6-7,10-13H2,2H3. The predicted octanol–water partition coefficient (Wildman–Crippen LogP) is 2.77. The Balaban J connectivity index is 1.72. The zero-order chi connectivity index (χ0) is 12.8. The summed E-state index contributed by atoms with van der Waals surface area (Å²) in [5, 5.41) is 3.57. The van der Waals surface area contributed by atoms with Crippen molar-refractivity contribution in [3.63, 3.8) is 0 Å². The van der Waals surface area contributed by atoms with Gasteiger partial charge >= 0.3 is 0 Å². The second kappa shape index (κ2) is 6.72. The summed E-state index contributed by atoms with van der Waals surface area (Å²) in [6.45, 7) is 11.0. The van der Waals surface area contributed by atoms with E-state index in [4.69, 9.17) is 0 Å². The molecule has 0 saturated carbocycles. The Morgan fingerprint density at radius 3 is 2.61 bits per heavy atom. The highest BCUT2D eigenvalue weighted by Gasteiger charge is 2.14. The van der Waals surface area contributed by atoms with Crippen LogP contribution in [0.2, 0.25) is 0 Å². The van der Waals surface area contributed by atoms with E-state index < -0.39 is 0 Å². The van der Waals surface area contributed by atoms with Crippen molar-refractivity contribution < 1.29 is 0 Å². The number of nitrogens with one attached hydrogen (secondary N) is 1. The SMILES string of the molecule is C=C(CNC(C)CN1CCCC1)c1ccccc1. The molecule has 1 fully saturated rings. The van der Waals surface area contributed by atoms with Gasteiger partial charge in [0.2, 0.25) is 0 Å². The lowest BCUT2D eigenvalue weighted by atomic mass is 10.1. The average molecular weight is 244 g/mol. The van der Waals surface area contributed by atoms with E-state index in [1.165, 1.54) is 37.1 Å². The van der Waals surface area contributed by atoms with Crippen LogP contribution in [0.15, 0.2) is 36.9 Å². The second-order valence-corrected chi connectivity index (χ2v) is 5.26. The van der Waals surface area contributed by atoms with Crippen molar-refractivity contribution in [3.05, 3.63) is 42.5 Å². The Bertz CT molecular complexity index is 366. The van der Waals surface area contributed by atoms with Gasteiger partial charge in [-0.3, -0.25) is 0 Å². The fourth-order valence-electron chi connectivity index (χ4n) is 2.49. The van der Waals surface area contributed by atoms with Gasteiger partial charge < -0.3 is 10.2 Å². The summed E-state index contributed by atoms with van der Waals surface area (Å²) >= 11 is 0. The van der Waals surface area contributed by atoms with E-state index in [0.717, 1.165) is 13.1 Å². The molecule has 0 bridgehead atoms. The van der Waals surface area contributed by atoms with Gasteiger partial charge in [-0.25, -0.2) is 0 Å². The summed E-state index contributed by atoms with van der Waals surface area (Å²) < 4.78 is 0. The average Bonchev–Trinajstić information content (AvgIpc) is 2.90. The van der Waals surface area contributed by atoms with Gasteiger partial charge in [0, 0.05) is 19.1 Å². The number of likely N-dealkylation sites (tertiary alicyclic amines) is 1. The van der Waals surface area contributed by atoms with E-state index >= 15 is 0 Å². The molecule has 0 spiro atoms. The van der Waals surface area contributed by atoms with E-state index in [-0.39, 0.29) is 0 Å². The Hall–Kier alpha value is -1.12. The lowest BCUT2D eigenvalue weighted by molar-refractivity contribution is 0.303. The topological polar surface area (TPSA) is 15.3 Å². The quantitative estimate of drug-likeness (QED) is 0.828. The summed E-state index contributed by atoms with van der Waals surface area (Å²) in [4.78, 5) is 2.54. The van der Waals surface area contributed by atoms with Gasteiger partial charge in [0.05, 0.1) is 0 Å². The summed E-state index contributed by atoms with van der Waals surface area (Å²) in [5.41, 5.74) is 2.40. The van der Waals surface area contributed by atoms with Crippen LogP contribution in [0.25, 0.3) is 5.57 Å². The molecule has 1 aromatic carbocycles. The van der Waals surface area contributed by atoms with Crippen molar-refractivity contribution in [2.45, 2.75) is 25.8 Å². The molecule has 18 heavy (non-hydrogen) atoms. The summed E-state index contributed by atoms with van der Waals surface area (Å²) in [7, 11) is 0. The molecule has 1 aromatic rings. The van der Waals surface area contributed by atoms with Gasteiger partial charge in [-0.05, 0) is 44.0 Å². The summed E-state index contributed by atoms with van der Waals surface area (Å²) in [6.07, 6.45) is 2.73. The van der Waals surface area contributed by atoms with Crippen molar-refractivity contribution in [1.29, 1.82) is 0 Å². The fourth-order valence-corrected chi connectivity index (χ4v) is 2.49. The van der Waals surface area contributed by atoms with Crippen LogP contribution in [-0.2, 0) is 0 Å². The molecule has 0 aromatic heterocycles. The molecule has 1 saturated heterocycles. The van der Waals surface area contributed by atoms with E-state index in [1.807, 2.05) is 6.07 Å². The minimum atomic E-state index is 0.531. The van der Waals surface area contributed by atoms with Crippen LogP contribution in [0, 0.1) is 0 Å². The number of nitrogens with zero attached hydrogens (tertiary/aromatic N) is 1. The van der Waals surface area contributed by atoms with Crippen LogP contribution >= 0.6 is 0 Å². The van der Waals surface area contributed by atoms with Gasteiger partial charge in [-0.15, -0.1) is 0 Å². The Morgan fingerprint density at radius 2 is 1.94 bits per heavy atom. The van der Waals surface area contributed by atoms with Crippen LogP contribution in [0.5, 0.6) is 0 Å². The van der Waals surface area contributed by atoms with Crippen LogP contribution in [0.3, 0.4) is 0 Å².